The van der Waals surface area contributed by atoms with E-state index in [1.54, 1.807) is 0 Å². The van der Waals surface area contributed by atoms with Crippen LogP contribution in [0, 0.1) is 0 Å². The van der Waals surface area contributed by atoms with Crippen molar-refractivity contribution in [2.45, 2.75) is 0 Å². The van der Waals surface area contributed by atoms with Crippen LogP contribution in [0.15, 0.2) is 180 Å². The molecule has 0 saturated carbocycles. The molecule has 0 spiro atoms. The SMILES string of the molecule is c1ccc(-c2cccc3c4cccc(-c5ccccc5)c4n(B4c5ccccc5-n5c6ccc7c8ccccc8oc7c6c6cccc4c65)c23)cc1. The second kappa shape index (κ2) is 10.4. The number of hydrogen-bond donors (Lipinski definition) is 0. The minimum absolute atomic E-state index is 0.0994. The van der Waals surface area contributed by atoms with Gasteiger partial charge < -0.3 is 13.5 Å². The van der Waals surface area contributed by atoms with Crippen LogP contribution in [0.4, 0.5) is 0 Å². The Bertz CT molecular complexity index is 3140. The molecule has 8 aromatic carbocycles. The van der Waals surface area contributed by atoms with Crippen LogP contribution in [-0.4, -0.2) is 15.9 Å². The highest BCUT2D eigenvalue weighted by Crippen LogP contribution is 2.44. The van der Waals surface area contributed by atoms with Gasteiger partial charge in [0.25, 0.3) is 0 Å². The molecule has 3 nitrogen and oxygen atoms in total. The van der Waals surface area contributed by atoms with Crippen LogP contribution < -0.4 is 10.9 Å². The highest BCUT2D eigenvalue weighted by atomic mass is 16.3. The molecule has 0 unspecified atom stereocenters. The lowest BCUT2D eigenvalue weighted by Gasteiger charge is -2.29. The van der Waals surface area contributed by atoms with Crippen LogP contribution in [0.3, 0.4) is 0 Å². The maximum Gasteiger partial charge on any atom is 0.332 e. The zero-order chi connectivity index (χ0) is 33.9. The highest BCUT2D eigenvalue weighted by Gasteiger charge is 2.37. The number of rotatable bonds is 3. The van der Waals surface area contributed by atoms with Crippen molar-refractivity contribution < 1.29 is 4.42 Å². The van der Waals surface area contributed by atoms with Gasteiger partial charge in [0.1, 0.15) is 11.2 Å². The van der Waals surface area contributed by atoms with Crippen molar-refractivity contribution in [3.8, 4) is 27.9 Å². The molecule has 0 aliphatic carbocycles. The maximum absolute atomic E-state index is 6.71. The Balaban J connectivity index is 1.28. The molecular formula is C48H29BN2O. The summed E-state index contributed by atoms with van der Waals surface area (Å²) in [6.45, 7) is -0.0994. The molecule has 240 valence electrons. The summed E-state index contributed by atoms with van der Waals surface area (Å²) in [5.41, 5.74) is 15.4. The van der Waals surface area contributed by atoms with Crippen molar-refractivity contribution in [2.75, 3.05) is 0 Å². The number of para-hydroxylation sites is 5. The Kier molecular flexibility index (Phi) is 5.58. The van der Waals surface area contributed by atoms with Crippen molar-refractivity contribution in [3.05, 3.63) is 176 Å². The van der Waals surface area contributed by atoms with Gasteiger partial charge in [0.2, 0.25) is 0 Å². The summed E-state index contributed by atoms with van der Waals surface area (Å²) in [4.78, 5) is 0. The third-order valence-corrected chi connectivity index (χ3v) is 11.4. The average molecular weight is 661 g/mol. The van der Waals surface area contributed by atoms with E-state index in [9.17, 15) is 0 Å². The van der Waals surface area contributed by atoms with Gasteiger partial charge >= 0.3 is 6.85 Å². The van der Waals surface area contributed by atoms with Crippen LogP contribution in [0.5, 0.6) is 0 Å². The summed E-state index contributed by atoms with van der Waals surface area (Å²) in [7, 11) is 0. The van der Waals surface area contributed by atoms with E-state index in [4.69, 9.17) is 4.42 Å². The van der Waals surface area contributed by atoms with Crippen molar-refractivity contribution in [2.24, 2.45) is 0 Å². The highest BCUT2D eigenvalue weighted by molar-refractivity contribution is 6.88. The average Bonchev–Trinajstić information content (AvgIpc) is 3.88. The smallest absolute Gasteiger partial charge is 0.332 e. The molecule has 0 radical (unpaired) electrons. The van der Waals surface area contributed by atoms with Crippen molar-refractivity contribution in [3.63, 3.8) is 0 Å². The van der Waals surface area contributed by atoms with Crippen LogP contribution in [0.1, 0.15) is 0 Å². The quantitative estimate of drug-likeness (QED) is 0.173. The summed E-state index contributed by atoms with van der Waals surface area (Å²) >= 11 is 0. The predicted octanol–water partition coefficient (Wildman–Crippen LogP) is 11.1. The van der Waals surface area contributed by atoms with Gasteiger partial charge in [0.15, 0.2) is 0 Å². The summed E-state index contributed by atoms with van der Waals surface area (Å²) in [5.74, 6) is 0. The summed E-state index contributed by atoms with van der Waals surface area (Å²) in [6, 6.07) is 64.2. The third-order valence-electron chi connectivity index (χ3n) is 11.4. The molecule has 0 bridgehead atoms. The lowest BCUT2D eigenvalue weighted by Crippen LogP contribution is -2.53. The molecule has 0 N–H and O–H groups in total. The Morgan fingerprint density at radius 2 is 0.981 bits per heavy atom. The molecule has 4 heterocycles. The molecule has 1 aliphatic rings. The second-order valence-corrected chi connectivity index (χ2v) is 14.0. The van der Waals surface area contributed by atoms with E-state index in [0.29, 0.717) is 0 Å². The number of fused-ring (bicyclic) bond motifs is 12. The second-order valence-electron chi connectivity index (χ2n) is 14.0. The Labute approximate surface area is 299 Å². The van der Waals surface area contributed by atoms with E-state index in [-0.39, 0.29) is 6.85 Å². The first-order chi connectivity index (χ1) is 25.8. The molecular weight excluding hydrogens is 631 g/mol. The number of aromatic nitrogens is 2. The number of nitrogens with zero attached hydrogens (tertiary/aromatic N) is 2. The van der Waals surface area contributed by atoms with E-state index >= 15 is 0 Å². The fraction of sp³-hybridized carbons (Fsp3) is 0. The molecule has 0 fully saturated rings. The van der Waals surface area contributed by atoms with Gasteiger partial charge in [0, 0.05) is 54.8 Å². The normalized spacial score (nSPS) is 12.6. The Hall–Kier alpha value is -6.78. The first-order valence-electron chi connectivity index (χ1n) is 18.0. The van der Waals surface area contributed by atoms with E-state index < -0.39 is 0 Å². The molecule has 11 aromatic rings. The monoisotopic (exact) mass is 660 g/mol. The topological polar surface area (TPSA) is 23.0 Å². The van der Waals surface area contributed by atoms with E-state index in [2.05, 4.69) is 185 Å². The first kappa shape index (κ1) is 28.0. The lowest BCUT2D eigenvalue weighted by molar-refractivity contribution is 0.673. The molecule has 3 aromatic heterocycles. The van der Waals surface area contributed by atoms with Crippen molar-refractivity contribution in [1.82, 2.24) is 9.05 Å². The fourth-order valence-electron chi connectivity index (χ4n) is 9.31. The van der Waals surface area contributed by atoms with E-state index in [1.807, 2.05) is 0 Å². The van der Waals surface area contributed by atoms with Gasteiger partial charge in [-0.15, -0.1) is 0 Å². The first-order valence-corrected chi connectivity index (χ1v) is 18.0. The molecule has 1 aliphatic heterocycles. The fourth-order valence-corrected chi connectivity index (χ4v) is 9.31. The van der Waals surface area contributed by atoms with Gasteiger partial charge in [-0.25, -0.2) is 0 Å². The molecule has 4 heteroatoms. The molecule has 0 atom stereocenters. The van der Waals surface area contributed by atoms with E-state index in [1.165, 1.54) is 71.6 Å². The third kappa shape index (κ3) is 3.60. The van der Waals surface area contributed by atoms with Crippen molar-refractivity contribution in [1.29, 1.82) is 0 Å². The van der Waals surface area contributed by atoms with Gasteiger partial charge in [0.05, 0.1) is 16.4 Å². The van der Waals surface area contributed by atoms with Crippen molar-refractivity contribution >= 4 is 83.3 Å². The Morgan fingerprint density at radius 3 is 1.71 bits per heavy atom. The zero-order valence-electron chi connectivity index (χ0n) is 28.1. The predicted molar refractivity (Wildman–Crippen MR) is 219 cm³/mol. The van der Waals surface area contributed by atoms with Crippen LogP contribution in [0.25, 0.3) is 93.5 Å². The molecule has 52 heavy (non-hydrogen) atoms. The summed E-state index contributed by atoms with van der Waals surface area (Å²) in [5, 5.41) is 7.20. The minimum atomic E-state index is -0.0994. The van der Waals surface area contributed by atoms with E-state index in [0.717, 1.165) is 32.8 Å². The molecule has 0 saturated heterocycles. The van der Waals surface area contributed by atoms with Crippen LogP contribution in [-0.2, 0) is 0 Å². The van der Waals surface area contributed by atoms with Gasteiger partial charge in [-0.1, -0.05) is 152 Å². The van der Waals surface area contributed by atoms with Gasteiger partial charge in [-0.3, -0.25) is 0 Å². The summed E-state index contributed by atoms with van der Waals surface area (Å²) in [6.07, 6.45) is 0. The zero-order valence-corrected chi connectivity index (χ0v) is 28.1. The van der Waals surface area contributed by atoms with Crippen LogP contribution >= 0.6 is 0 Å². The number of benzene rings is 8. The van der Waals surface area contributed by atoms with Gasteiger partial charge in [-0.2, -0.15) is 0 Å². The maximum atomic E-state index is 6.71. The Morgan fingerprint density at radius 1 is 0.404 bits per heavy atom. The minimum Gasteiger partial charge on any atom is -0.455 e. The lowest BCUT2D eigenvalue weighted by atomic mass is 9.48. The number of hydrogen-bond acceptors (Lipinski definition) is 1. The largest absolute Gasteiger partial charge is 0.455 e. The number of furan rings is 1. The molecule has 12 rings (SSSR count). The standard InChI is InChI=1S/C48H29BN2O/c1-3-14-30(15-4-1)32-19-11-21-35-36-22-12-20-33(31-16-5-2-6-17-31)46(36)51(45(32)35)49-39-24-8-9-26-41(39)50-42-29-28-37-34-18-7-10-27-43(34)52-48(37)44(42)38-23-13-25-40(49)47(38)50/h1-29H. The van der Waals surface area contributed by atoms with Crippen LogP contribution in [0.2, 0.25) is 0 Å². The summed E-state index contributed by atoms with van der Waals surface area (Å²) < 4.78 is 11.9. The van der Waals surface area contributed by atoms with Gasteiger partial charge in [-0.05, 0) is 46.3 Å². The molecule has 0 amide bonds.